The Kier molecular flexibility index (Phi) is 5.17. The number of aromatic nitrogens is 1. The Balaban J connectivity index is 1.41. The number of carbonyl (C=O) groups is 1. The first-order valence-electron chi connectivity index (χ1n) is 10.6. The minimum Gasteiger partial charge on any atom is -0.467 e. The van der Waals surface area contributed by atoms with Crippen molar-refractivity contribution in [2.75, 3.05) is 11.5 Å². The molecule has 31 heavy (non-hydrogen) atoms. The van der Waals surface area contributed by atoms with E-state index in [0.717, 1.165) is 18.4 Å². The third-order valence-electron chi connectivity index (χ3n) is 6.18. The average molecular weight is 441 g/mol. The summed E-state index contributed by atoms with van der Waals surface area (Å²) in [7, 11) is -3.15. The van der Waals surface area contributed by atoms with Crippen LogP contribution in [0.3, 0.4) is 0 Å². The maximum Gasteiger partial charge on any atom is 0.276 e. The number of hydrogen-bond donors (Lipinski definition) is 0. The molecule has 2 aliphatic rings. The Morgan fingerprint density at radius 1 is 1.13 bits per heavy atom. The van der Waals surface area contributed by atoms with Gasteiger partial charge in [-0.15, -0.1) is 0 Å². The van der Waals surface area contributed by atoms with Crippen LogP contribution in [-0.4, -0.2) is 41.9 Å². The molecule has 0 saturated carbocycles. The molecule has 1 aromatic carbocycles. The Labute approximate surface area is 180 Å². The Morgan fingerprint density at radius 2 is 1.97 bits per heavy atom. The van der Waals surface area contributed by atoms with Crippen molar-refractivity contribution in [1.82, 2.24) is 10.1 Å². The van der Waals surface area contributed by atoms with Gasteiger partial charge in [0.2, 0.25) is 0 Å². The van der Waals surface area contributed by atoms with Gasteiger partial charge in [-0.1, -0.05) is 17.3 Å². The molecule has 162 valence electrons. The second-order valence-corrected chi connectivity index (χ2v) is 10.6. The SMILES string of the molecule is O=C(c1cc(-c2ccc3c(c2)CCCC3)on1)N(Cc1ccco1)C1CCS(=O)(=O)C1. The quantitative estimate of drug-likeness (QED) is 0.601. The summed E-state index contributed by atoms with van der Waals surface area (Å²) in [6.07, 6.45) is 6.49. The number of nitrogens with zero attached hydrogens (tertiary/aromatic N) is 2. The van der Waals surface area contributed by atoms with E-state index in [1.807, 2.05) is 6.07 Å². The van der Waals surface area contributed by atoms with Crippen molar-refractivity contribution in [3.63, 3.8) is 0 Å². The molecular weight excluding hydrogens is 416 g/mol. The molecule has 0 spiro atoms. The maximum absolute atomic E-state index is 13.3. The third kappa shape index (κ3) is 4.17. The molecule has 7 nitrogen and oxygen atoms in total. The van der Waals surface area contributed by atoms with Gasteiger partial charge in [0.15, 0.2) is 21.3 Å². The molecule has 0 bridgehead atoms. The fraction of sp³-hybridized carbons (Fsp3) is 0.391. The second kappa shape index (κ2) is 8.00. The molecule has 1 atom stereocenters. The van der Waals surface area contributed by atoms with Crippen LogP contribution in [0.4, 0.5) is 0 Å². The zero-order valence-electron chi connectivity index (χ0n) is 17.1. The van der Waals surface area contributed by atoms with Gasteiger partial charge in [-0.25, -0.2) is 8.42 Å². The van der Waals surface area contributed by atoms with Crippen LogP contribution < -0.4 is 0 Å². The summed E-state index contributed by atoms with van der Waals surface area (Å²) in [6.45, 7) is 0.188. The molecule has 1 aliphatic heterocycles. The molecule has 1 aliphatic carbocycles. The maximum atomic E-state index is 13.3. The Hall–Kier alpha value is -2.87. The summed E-state index contributed by atoms with van der Waals surface area (Å²) in [5, 5.41) is 4.02. The lowest BCUT2D eigenvalue weighted by Gasteiger charge is -2.26. The number of fused-ring (bicyclic) bond motifs is 1. The highest BCUT2D eigenvalue weighted by Gasteiger charge is 2.36. The van der Waals surface area contributed by atoms with E-state index < -0.39 is 15.9 Å². The number of hydrogen-bond acceptors (Lipinski definition) is 6. The number of aryl methyl sites for hydroxylation is 2. The molecule has 1 saturated heterocycles. The summed E-state index contributed by atoms with van der Waals surface area (Å²) in [5.74, 6) is 0.810. The molecule has 3 aromatic rings. The zero-order valence-corrected chi connectivity index (χ0v) is 17.9. The Morgan fingerprint density at radius 3 is 2.71 bits per heavy atom. The van der Waals surface area contributed by atoms with Gasteiger partial charge >= 0.3 is 0 Å². The number of rotatable bonds is 5. The van der Waals surface area contributed by atoms with E-state index in [4.69, 9.17) is 8.94 Å². The van der Waals surface area contributed by atoms with Crippen LogP contribution in [0, 0.1) is 0 Å². The number of furan rings is 1. The van der Waals surface area contributed by atoms with E-state index in [1.165, 1.54) is 35.1 Å². The van der Waals surface area contributed by atoms with Crippen molar-refractivity contribution in [3.05, 3.63) is 65.2 Å². The van der Waals surface area contributed by atoms with Gasteiger partial charge in [-0.05, 0) is 61.4 Å². The Bertz CT molecular complexity index is 1200. The summed E-state index contributed by atoms with van der Waals surface area (Å²) in [5.41, 5.74) is 3.76. The third-order valence-corrected chi connectivity index (χ3v) is 7.93. The van der Waals surface area contributed by atoms with E-state index >= 15 is 0 Å². The minimum absolute atomic E-state index is 0.0466. The van der Waals surface area contributed by atoms with Crippen molar-refractivity contribution >= 4 is 15.7 Å². The molecule has 5 rings (SSSR count). The van der Waals surface area contributed by atoms with E-state index in [2.05, 4.69) is 17.3 Å². The highest BCUT2D eigenvalue weighted by Crippen LogP contribution is 2.29. The first kappa shape index (κ1) is 20.1. The summed E-state index contributed by atoms with van der Waals surface area (Å²) in [6, 6.07) is 11.0. The zero-order chi connectivity index (χ0) is 21.4. The summed E-state index contributed by atoms with van der Waals surface area (Å²) < 4.78 is 35.0. The molecular formula is C23H24N2O5S. The average Bonchev–Trinajstić information content (AvgIpc) is 3.52. The molecule has 1 amide bonds. The van der Waals surface area contributed by atoms with Gasteiger partial charge in [0.1, 0.15) is 5.76 Å². The van der Waals surface area contributed by atoms with Crippen molar-refractivity contribution in [2.45, 2.75) is 44.7 Å². The molecule has 1 fully saturated rings. The van der Waals surface area contributed by atoms with Gasteiger partial charge < -0.3 is 13.8 Å². The van der Waals surface area contributed by atoms with Crippen LogP contribution in [0.2, 0.25) is 0 Å². The predicted octanol–water partition coefficient (Wildman–Crippen LogP) is 3.64. The van der Waals surface area contributed by atoms with Crippen molar-refractivity contribution in [2.24, 2.45) is 0 Å². The van der Waals surface area contributed by atoms with Gasteiger partial charge in [0, 0.05) is 17.7 Å². The van der Waals surface area contributed by atoms with Crippen molar-refractivity contribution < 1.29 is 22.2 Å². The second-order valence-electron chi connectivity index (χ2n) is 8.34. The predicted molar refractivity (Wildman–Crippen MR) is 114 cm³/mol. The van der Waals surface area contributed by atoms with Crippen molar-refractivity contribution in [1.29, 1.82) is 0 Å². The number of sulfone groups is 1. The molecule has 1 unspecified atom stereocenters. The topological polar surface area (TPSA) is 93.6 Å². The molecule has 3 heterocycles. The lowest BCUT2D eigenvalue weighted by Crippen LogP contribution is -2.40. The highest BCUT2D eigenvalue weighted by molar-refractivity contribution is 7.91. The fourth-order valence-corrected chi connectivity index (χ4v) is 6.23. The molecule has 8 heteroatoms. The number of carbonyl (C=O) groups excluding carboxylic acids is 1. The lowest BCUT2D eigenvalue weighted by molar-refractivity contribution is 0.0655. The van der Waals surface area contributed by atoms with E-state index in [9.17, 15) is 13.2 Å². The highest BCUT2D eigenvalue weighted by atomic mass is 32.2. The van der Waals surface area contributed by atoms with Crippen molar-refractivity contribution in [3.8, 4) is 11.3 Å². The monoisotopic (exact) mass is 440 g/mol. The van der Waals surface area contributed by atoms with Gasteiger partial charge in [-0.3, -0.25) is 4.79 Å². The number of amides is 1. The van der Waals surface area contributed by atoms with Crippen LogP contribution in [0.1, 0.15) is 46.6 Å². The van der Waals surface area contributed by atoms with Crippen LogP contribution >= 0.6 is 0 Å². The first-order valence-corrected chi connectivity index (χ1v) is 12.4. The van der Waals surface area contributed by atoms with Crippen LogP contribution in [-0.2, 0) is 29.2 Å². The van der Waals surface area contributed by atoms with Gasteiger partial charge in [0.25, 0.3) is 5.91 Å². The smallest absolute Gasteiger partial charge is 0.276 e. The van der Waals surface area contributed by atoms with E-state index in [1.54, 1.807) is 18.2 Å². The summed E-state index contributed by atoms with van der Waals surface area (Å²) in [4.78, 5) is 14.9. The normalized spacial score (nSPS) is 19.8. The van der Waals surface area contributed by atoms with Crippen LogP contribution in [0.5, 0.6) is 0 Å². The van der Waals surface area contributed by atoms with Crippen LogP contribution in [0.25, 0.3) is 11.3 Å². The van der Waals surface area contributed by atoms with E-state index in [0.29, 0.717) is 17.9 Å². The molecule has 0 N–H and O–H groups in total. The van der Waals surface area contributed by atoms with Crippen LogP contribution in [0.15, 0.2) is 51.6 Å². The number of benzene rings is 1. The summed E-state index contributed by atoms with van der Waals surface area (Å²) >= 11 is 0. The standard InChI is InChI=1S/C23H24N2O5S/c26-23(25(14-20-6-3-10-29-20)19-9-11-31(27,28)15-19)21-13-22(30-24-21)18-8-7-16-4-1-2-5-17(16)12-18/h3,6-8,10,12-13,19H,1-2,4-5,9,11,14-15H2. The first-order chi connectivity index (χ1) is 15.0. The van der Waals surface area contributed by atoms with E-state index in [-0.39, 0.29) is 29.7 Å². The fourth-order valence-electron chi connectivity index (χ4n) is 4.50. The minimum atomic E-state index is -3.15. The largest absolute Gasteiger partial charge is 0.467 e. The molecule has 0 radical (unpaired) electrons. The molecule has 2 aromatic heterocycles. The van der Waals surface area contributed by atoms with Gasteiger partial charge in [0.05, 0.1) is 24.3 Å². The lowest BCUT2D eigenvalue weighted by atomic mass is 9.90. The van der Waals surface area contributed by atoms with Gasteiger partial charge in [-0.2, -0.15) is 0 Å².